The highest BCUT2D eigenvalue weighted by Gasteiger charge is 2.50. The molecule has 2 heterocycles. The monoisotopic (exact) mass is 632 g/mol. The topological polar surface area (TPSA) is 104 Å². The summed E-state index contributed by atoms with van der Waals surface area (Å²) in [6.07, 6.45) is 1.94. The number of hydrogen-bond donors (Lipinski definition) is 1. The lowest BCUT2D eigenvalue weighted by atomic mass is 9.59. The quantitative estimate of drug-likeness (QED) is 0.174. The van der Waals surface area contributed by atoms with Gasteiger partial charge in [0.25, 0.3) is 5.19 Å². The number of alkyl halides is 3. The second-order valence-corrected chi connectivity index (χ2v) is 13.0. The Morgan fingerprint density at radius 1 is 1.09 bits per heavy atom. The molecule has 4 aliphatic carbocycles. The van der Waals surface area contributed by atoms with Gasteiger partial charge in [-0.25, -0.2) is 9.18 Å². The Bertz CT molecular complexity index is 1710. The molecule has 8 rings (SSSR count). The van der Waals surface area contributed by atoms with Crippen molar-refractivity contribution in [2.45, 2.75) is 75.9 Å². The molecule has 232 valence electrons. The lowest BCUT2D eigenvalue weighted by Gasteiger charge is -2.52. The molecule has 0 atom stereocenters. The van der Waals surface area contributed by atoms with Crippen LogP contribution in [0.2, 0.25) is 0 Å². The Hall–Kier alpha value is -3.71. The van der Waals surface area contributed by atoms with Crippen molar-refractivity contribution in [3.63, 3.8) is 0 Å². The van der Waals surface area contributed by atoms with E-state index in [9.17, 15) is 27.5 Å². The molecule has 0 unspecified atom stereocenters. The molecule has 8 nitrogen and oxygen atoms in total. The van der Waals surface area contributed by atoms with E-state index in [0.717, 1.165) is 68.8 Å². The molecule has 4 aromatic rings. The summed E-state index contributed by atoms with van der Waals surface area (Å²) >= 11 is 1.12. The number of benzene rings is 2. The minimum absolute atomic E-state index is 0.0802. The maximum Gasteiger partial charge on any atom is 0.573 e. The minimum atomic E-state index is -4.84. The van der Waals surface area contributed by atoms with Crippen LogP contribution >= 0.6 is 11.3 Å². The molecule has 4 saturated carbocycles. The summed E-state index contributed by atoms with van der Waals surface area (Å²) in [5, 5.41) is 13.7. The molecule has 0 saturated heterocycles. The number of para-hydroxylation sites is 1. The minimum Gasteiger partial charge on any atom is -0.478 e. The Kier molecular flexibility index (Phi) is 7.07. The van der Waals surface area contributed by atoms with Crippen molar-refractivity contribution >= 4 is 27.5 Å². The lowest BCUT2D eigenvalue weighted by Crippen LogP contribution is -2.49. The zero-order valence-electron chi connectivity index (χ0n) is 23.4. The molecule has 0 radical (unpaired) electrons. The van der Waals surface area contributed by atoms with Gasteiger partial charge in [0.15, 0.2) is 5.82 Å². The molecule has 2 aromatic heterocycles. The normalized spacial score (nSPS) is 23.3. The number of carboxylic acid groups (broad SMARTS) is 1. The van der Waals surface area contributed by atoms with Gasteiger partial charge in [0.05, 0.1) is 29.1 Å². The average molecular weight is 633 g/mol. The van der Waals surface area contributed by atoms with Crippen molar-refractivity contribution in [2.75, 3.05) is 6.61 Å². The molecule has 2 aromatic carbocycles. The fourth-order valence-electron chi connectivity index (χ4n) is 6.47. The first-order valence-electron chi connectivity index (χ1n) is 14.5. The van der Waals surface area contributed by atoms with Gasteiger partial charge in [-0.1, -0.05) is 28.6 Å². The molecule has 4 aliphatic rings. The summed E-state index contributed by atoms with van der Waals surface area (Å²) in [5.74, 6) is -1.40. The standard InChI is InChI=1S/C31H28F4N2O6S/c32-21-13-18(27(38)39)14-23-25(21)36-28(44-23)40-16-29-7-10-30(11-8-29,12-9-29)41-15-20-24(37-43-26(20)17-5-6-17)19-3-1-2-4-22(19)42-31(33,34)35/h1-4,13-14,17H,5-12,15-16H2,(H,38,39). The van der Waals surface area contributed by atoms with Gasteiger partial charge in [-0.3, -0.25) is 0 Å². The number of fused-ring (bicyclic) bond motifs is 4. The zero-order valence-corrected chi connectivity index (χ0v) is 24.2. The number of nitrogens with zero attached hydrogens (tertiary/aromatic N) is 2. The fourth-order valence-corrected chi connectivity index (χ4v) is 7.34. The Labute approximate surface area is 252 Å². The first kappa shape index (κ1) is 29.0. The third-order valence-electron chi connectivity index (χ3n) is 9.17. The van der Waals surface area contributed by atoms with Crippen LogP contribution in [0.4, 0.5) is 17.6 Å². The summed E-state index contributed by atoms with van der Waals surface area (Å²) in [7, 11) is 0. The van der Waals surface area contributed by atoms with Crippen molar-refractivity contribution in [2.24, 2.45) is 5.41 Å². The number of carboxylic acids is 1. The van der Waals surface area contributed by atoms with E-state index in [1.54, 1.807) is 6.07 Å². The fraction of sp³-hybridized carbons (Fsp3) is 0.452. The molecule has 44 heavy (non-hydrogen) atoms. The maximum atomic E-state index is 14.4. The third kappa shape index (κ3) is 5.63. The van der Waals surface area contributed by atoms with Crippen molar-refractivity contribution in [3.05, 3.63) is 59.1 Å². The number of hydrogen-bond acceptors (Lipinski definition) is 8. The molecular formula is C31H28F4N2O6S. The van der Waals surface area contributed by atoms with Gasteiger partial charge in [0.1, 0.15) is 22.7 Å². The highest BCUT2D eigenvalue weighted by Crippen LogP contribution is 2.55. The number of thiazole rings is 1. The van der Waals surface area contributed by atoms with Crippen molar-refractivity contribution < 1.29 is 46.2 Å². The summed E-state index contributed by atoms with van der Waals surface area (Å²) in [5.41, 5.74) is 0.683. The molecule has 1 N–H and O–H groups in total. The first-order chi connectivity index (χ1) is 21.0. The number of carbonyl (C=O) groups is 1. The number of halogens is 4. The van der Waals surface area contributed by atoms with Gasteiger partial charge in [-0.2, -0.15) is 4.98 Å². The summed E-state index contributed by atoms with van der Waals surface area (Å²) in [6, 6.07) is 8.27. The molecule has 0 spiro atoms. The SMILES string of the molecule is O=C(O)c1cc(F)c2nc(OCC34CCC(OCc5c(-c6ccccc6OC(F)(F)F)noc5C5CC5)(CC3)CC4)sc2c1. The zero-order chi connectivity index (χ0) is 30.7. The van der Waals surface area contributed by atoms with Crippen LogP contribution in [0.15, 0.2) is 40.9 Å². The Morgan fingerprint density at radius 3 is 2.50 bits per heavy atom. The van der Waals surface area contributed by atoms with Crippen LogP contribution in [0.5, 0.6) is 10.9 Å². The van der Waals surface area contributed by atoms with E-state index < -0.39 is 18.1 Å². The average Bonchev–Trinajstić information content (AvgIpc) is 3.61. The van der Waals surface area contributed by atoms with Gasteiger partial charge < -0.3 is 23.8 Å². The van der Waals surface area contributed by atoms with Gasteiger partial charge in [0, 0.05) is 22.5 Å². The van der Waals surface area contributed by atoms with Crippen LogP contribution in [0.1, 0.15) is 79.0 Å². The van der Waals surface area contributed by atoms with Crippen LogP contribution in [0.25, 0.3) is 21.5 Å². The van der Waals surface area contributed by atoms with E-state index in [-0.39, 0.29) is 45.9 Å². The largest absolute Gasteiger partial charge is 0.573 e. The Morgan fingerprint density at radius 2 is 1.82 bits per heavy atom. The van der Waals surface area contributed by atoms with E-state index in [4.69, 9.17) is 14.0 Å². The molecule has 2 bridgehead atoms. The second kappa shape index (κ2) is 10.7. The predicted octanol–water partition coefficient (Wildman–Crippen LogP) is 8.25. The van der Waals surface area contributed by atoms with E-state index in [0.29, 0.717) is 33.5 Å². The molecule has 4 fully saturated rings. The highest BCUT2D eigenvalue weighted by atomic mass is 32.1. The number of aromatic carboxylic acids is 1. The summed E-state index contributed by atoms with van der Waals surface area (Å²) in [6.45, 7) is 0.581. The van der Waals surface area contributed by atoms with Crippen LogP contribution in [0.3, 0.4) is 0 Å². The van der Waals surface area contributed by atoms with Crippen LogP contribution in [0, 0.1) is 11.2 Å². The highest BCUT2D eigenvalue weighted by molar-refractivity contribution is 7.20. The van der Waals surface area contributed by atoms with Crippen molar-refractivity contribution in [1.29, 1.82) is 0 Å². The Balaban J connectivity index is 1.03. The number of ether oxygens (including phenoxy) is 3. The predicted molar refractivity (Wildman–Crippen MR) is 150 cm³/mol. The summed E-state index contributed by atoms with van der Waals surface area (Å²) in [4.78, 5) is 15.5. The molecule has 0 amide bonds. The molecule has 0 aliphatic heterocycles. The van der Waals surface area contributed by atoms with Gasteiger partial charge in [-0.05, 0) is 75.6 Å². The van der Waals surface area contributed by atoms with Crippen molar-refractivity contribution in [1.82, 2.24) is 10.1 Å². The third-order valence-corrected chi connectivity index (χ3v) is 10.1. The maximum absolute atomic E-state index is 14.4. The summed E-state index contributed by atoms with van der Waals surface area (Å²) < 4.78 is 76.8. The van der Waals surface area contributed by atoms with Crippen molar-refractivity contribution in [3.8, 4) is 22.2 Å². The van der Waals surface area contributed by atoms with E-state index >= 15 is 0 Å². The number of rotatable bonds is 10. The second-order valence-electron chi connectivity index (χ2n) is 12.0. The number of aromatic nitrogens is 2. The van der Waals surface area contributed by atoms with Gasteiger partial charge in [-0.15, -0.1) is 13.2 Å². The van der Waals surface area contributed by atoms with Gasteiger partial charge >= 0.3 is 12.3 Å². The van der Waals surface area contributed by atoms with Crippen LogP contribution in [-0.4, -0.2) is 39.8 Å². The molecule has 13 heteroatoms. The van der Waals surface area contributed by atoms with Crippen LogP contribution in [-0.2, 0) is 11.3 Å². The van der Waals surface area contributed by atoms with Gasteiger partial charge in [0.2, 0.25) is 0 Å². The smallest absolute Gasteiger partial charge is 0.478 e. The van der Waals surface area contributed by atoms with E-state index in [1.165, 1.54) is 24.3 Å². The lowest BCUT2D eigenvalue weighted by molar-refractivity contribution is -0.274. The molecular weight excluding hydrogens is 604 g/mol. The van der Waals surface area contributed by atoms with E-state index in [1.807, 2.05) is 0 Å². The van der Waals surface area contributed by atoms with E-state index in [2.05, 4.69) is 14.9 Å². The van der Waals surface area contributed by atoms with Crippen LogP contribution < -0.4 is 9.47 Å². The first-order valence-corrected chi connectivity index (χ1v) is 15.3.